The molecule has 0 unspecified atom stereocenters. The number of carbonyl (C=O) groups excluding carboxylic acids is 2. The number of imide groups is 1. The number of amides is 2. The zero-order valence-electron chi connectivity index (χ0n) is 16.9. The predicted molar refractivity (Wildman–Crippen MR) is 127 cm³/mol. The molecule has 5 nitrogen and oxygen atoms in total. The minimum atomic E-state index is -0.441. The highest BCUT2D eigenvalue weighted by Crippen LogP contribution is 2.36. The lowest BCUT2D eigenvalue weighted by atomic mass is 9.91. The normalized spacial score (nSPS) is 14.2. The molecule has 1 aliphatic rings. The zero-order valence-corrected chi connectivity index (χ0v) is 17.7. The van der Waals surface area contributed by atoms with E-state index in [1.807, 2.05) is 48.5 Å². The van der Waals surface area contributed by atoms with E-state index in [2.05, 4.69) is 34.2 Å². The van der Waals surface area contributed by atoms with Crippen molar-refractivity contribution < 1.29 is 9.59 Å². The number of benzene rings is 3. The number of fused-ring (bicyclic) bond motifs is 2. The first-order chi connectivity index (χ1) is 15.6. The van der Waals surface area contributed by atoms with Crippen molar-refractivity contribution in [3.8, 4) is 17.2 Å². The topological polar surface area (TPSA) is 82.0 Å². The third kappa shape index (κ3) is 3.55. The molecule has 5 rings (SSSR count). The quantitative estimate of drug-likeness (QED) is 0.334. The van der Waals surface area contributed by atoms with Gasteiger partial charge in [-0.25, -0.2) is 0 Å². The van der Waals surface area contributed by atoms with Crippen LogP contribution >= 0.6 is 11.3 Å². The summed E-state index contributed by atoms with van der Waals surface area (Å²) in [7, 11) is 0. The minimum absolute atomic E-state index is 0.347. The van der Waals surface area contributed by atoms with Crippen LogP contribution in [0.2, 0.25) is 0 Å². The van der Waals surface area contributed by atoms with Gasteiger partial charge in [-0.15, -0.1) is 11.3 Å². The fraction of sp³-hybridized carbons (Fsp3) is 0.0385. The van der Waals surface area contributed by atoms with Gasteiger partial charge in [-0.1, -0.05) is 36.4 Å². The van der Waals surface area contributed by atoms with Crippen LogP contribution in [0, 0.1) is 11.3 Å². The summed E-state index contributed by atoms with van der Waals surface area (Å²) in [5, 5.41) is 17.6. The lowest BCUT2D eigenvalue weighted by Gasteiger charge is -2.19. The van der Waals surface area contributed by atoms with E-state index in [0.29, 0.717) is 23.1 Å². The molecule has 4 aromatic rings. The Bertz CT molecular complexity index is 1440. The average Bonchev–Trinajstić information content (AvgIpc) is 3.24. The Hall–Kier alpha value is -4.21. The second-order valence-electron chi connectivity index (χ2n) is 7.42. The molecule has 0 saturated heterocycles. The first kappa shape index (κ1) is 19.7. The van der Waals surface area contributed by atoms with Crippen LogP contribution in [0.5, 0.6) is 0 Å². The Kier molecular flexibility index (Phi) is 5.02. The Morgan fingerprint density at radius 1 is 0.938 bits per heavy atom. The number of nitrogens with one attached hydrogen (secondary N) is 2. The van der Waals surface area contributed by atoms with Gasteiger partial charge < -0.3 is 5.32 Å². The van der Waals surface area contributed by atoms with Crippen molar-refractivity contribution in [2.75, 3.05) is 5.32 Å². The van der Waals surface area contributed by atoms with Gasteiger partial charge in [0.05, 0.1) is 18.1 Å². The lowest BCUT2D eigenvalue weighted by molar-refractivity contribution is -0.114. The maximum absolute atomic E-state index is 12.7. The van der Waals surface area contributed by atoms with Gasteiger partial charge in [0, 0.05) is 38.7 Å². The standard InChI is InChI=1S/C26H17N3O2S/c27-12-11-16-5-8-18(9-6-16)28-14-22-21-13-17(7-10-20(21)25(30)29-26(22)31)23-15-32-24-4-2-1-3-19(23)24/h1-10,13-15,28H,11H2,(H,29,30,31)/b22-14-. The maximum atomic E-state index is 12.7. The molecule has 0 spiro atoms. The second kappa shape index (κ2) is 8.14. The van der Waals surface area contributed by atoms with Crippen LogP contribution in [-0.2, 0) is 11.2 Å². The van der Waals surface area contributed by atoms with E-state index in [1.54, 1.807) is 23.6 Å². The Balaban J connectivity index is 1.54. The summed E-state index contributed by atoms with van der Waals surface area (Å²) in [6.45, 7) is 0. The summed E-state index contributed by atoms with van der Waals surface area (Å²) < 4.78 is 1.19. The molecule has 3 aromatic carbocycles. The van der Waals surface area contributed by atoms with Crippen molar-refractivity contribution in [1.29, 1.82) is 5.26 Å². The van der Waals surface area contributed by atoms with Gasteiger partial charge in [-0.3, -0.25) is 14.9 Å². The highest BCUT2D eigenvalue weighted by molar-refractivity contribution is 7.17. The van der Waals surface area contributed by atoms with Crippen LogP contribution in [-0.4, -0.2) is 11.8 Å². The summed E-state index contributed by atoms with van der Waals surface area (Å²) in [4.78, 5) is 25.1. The van der Waals surface area contributed by atoms with Crippen LogP contribution in [0.3, 0.4) is 0 Å². The van der Waals surface area contributed by atoms with E-state index in [9.17, 15) is 9.59 Å². The molecule has 0 fully saturated rings. The molecule has 0 bridgehead atoms. The van der Waals surface area contributed by atoms with Crippen molar-refractivity contribution in [2.24, 2.45) is 0 Å². The third-order valence-corrected chi connectivity index (χ3v) is 6.40. The third-order valence-electron chi connectivity index (χ3n) is 5.44. The van der Waals surface area contributed by atoms with Crippen LogP contribution in [0.1, 0.15) is 21.5 Å². The van der Waals surface area contributed by atoms with Crippen LogP contribution < -0.4 is 10.6 Å². The van der Waals surface area contributed by atoms with Crippen LogP contribution in [0.15, 0.2) is 78.3 Å². The number of thiophene rings is 1. The van der Waals surface area contributed by atoms with Crippen LogP contribution in [0.4, 0.5) is 5.69 Å². The van der Waals surface area contributed by atoms with Crippen molar-refractivity contribution in [1.82, 2.24) is 5.32 Å². The molecule has 154 valence electrons. The van der Waals surface area contributed by atoms with E-state index in [-0.39, 0.29) is 0 Å². The predicted octanol–water partition coefficient (Wildman–Crippen LogP) is 5.36. The van der Waals surface area contributed by atoms with Gasteiger partial charge in [0.15, 0.2) is 0 Å². The number of hydrogen-bond donors (Lipinski definition) is 2. The number of hydrogen-bond acceptors (Lipinski definition) is 5. The number of carbonyl (C=O) groups is 2. The number of nitriles is 1. The minimum Gasteiger partial charge on any atom is -0.361 e. The van der Waals surface area contributed by atoms with Crippen molar-refractivity contribution in [2.45, 2.75) is 6.42 Å². The summed E-state index contributed by atoms with van der Waals surface area (Å²) >= 11 is 1.67. The molecular weight excluding hydrogens is 418 g/mol. The molecular formula is C26H17N3O2S. The van der Waals surface area contributed by atoms with Crippen molar-refractivity contribution in [3.05, 3.63) is 95.0 Å². The van der Waals surface area contributed by atoms with E-state index < -0.39 is 11.8 Å². The van der Waals surface area contributed by atoms with Gasteiger partial charge >= 0.3 is 0 Å². The molecule has 2 amide bonds. The Morgan fingerprint density at radius 3 is 2.56 bits per heavy atom. The lowest BCUT2D eigenvalue weighted by Crippen LogP contribution is -2.36. The summed E-state index contributed by atoms with van der Waals surface area (Å²) in [6, 6.07) is 23.3. The first-order valence-electron chi connectivity index (χ1n) is 10.0. The molecule has 6 heteroatoms. The number of anilines is 1. The molecule has 0 saturated carbocycles. The number of rotatable bonds is 4. The SMILES string of the molecule is N#CCc1ccc(N/C=C2\C(=O)NC(=O)c3ccc(-c4csc5ccccc45)cc32)cc1. The van der Waals surface area contributed by atoms with E-state index >= 15 is 0 Å². The van der Waals surface area contributed by atoms with Gasteiger partial charge in [-0.2, -0.15) is 5.26 Å². The van der Waals surface area contributed by atoms with E-state index in [4.69, 9.17) is 5.26 Å². The van der Waals surface area contributed by atoms with Gasteiger partial charge in [0.25, 0.3) is 11.8 Å². The smallest absolute Gasteiger partial charge is 0.260 e. The molecule has 2 heterocycles. The molecule has 0 atom stereocenters. The summed E-state index contributed by atoms with van der Waals surface area (Å²) in [5.41, 5.74) is 5.19. The van der Waals surface area contributed by atoms with Gasteiger partial charge in [-0.05, 0) is 46.8 Å². The van der Waals surface area contributed by atoms with Gasteiger partial charge in [0.2, 0.25) is 0 Å². The Labute approximate surface area is 188 Å². The van der Waals surface area contributed by atoms with Crippen molar-refractivity contribution in [3.63, 3.8) is 0 Å². The molecule has 0 radical (unpaired) electrons. The molecule has 1 aromatic heterocycles. The zero-order chi connectivity index (χ0) is 22.1. The Morgan fingerprint density at radius 2 is 1.75 bits per heavy atom. The first-order valence-corrected chi connectivity index (χ1v) is 10.9. The fourth-order valence-electron chi connectivity index (χ4n) is 3.80. The molecule has 1 aliphatic heterocycles. The second-order valence-corrected chi connectivity index (χ2v) is 8.33. The average molecular weight is 436 g/mol. The summed E-state index contributed by atoms with van der Waals surface area (Å²) in [5.74, 6) is -0.840. The van der Waals surface area contributed by atoms with Crippen molar-refractivity contribution >= 4 is 44.5 Å². The monoisotopic (exact) mass is 435 g/mol. The molecule has 0 aliphatic carbocycles. The van der Waals surface area contributed by atoms with E-state index in [1.165, 1.54) is 4.70 Å². The summed E-state index contributed by atoms with van der Waals surface area (Å²) in [6.07, 6.45) is 1.97. The highest BCUT2D eigenvalue weighted by Gasteiger charge is 2.27. The highest BCUT2D eigenvalue weighted by atomic mass is 32.1. The maximum Gasteiger partial charge on any atom is 0.260 e. The van der Waals surface area contributed by atoms with Gasteiger partial charge in [0.1, 0.15) is 0 Å². The van der Waals surface area contributed by atoms with E-state index in [0.717, 1.165) is 27.8 Å². The fourth-order valence-corrected chi connectivity index (χ4v) is 4.77. The number of nitrogens with zero attached hydrogens (tertiary/aromatic N) is 1. The largest absolute Gasteiger partial charge is 0.361 e. The molecule has 2 N–H and O–H groups in total. The molecule has 32 heavy (non-hydrogen) atoms. The van der Waals surface area contributed by atoms with Crippen LogP contribution in [0.25, 0.3) is 26.8 Å².